The summed E-state index contributed by atoms with van der Waals surface area (Å²) in [7, 11) is 0. The van der Waals surface area contributed by atoms with Crippen molar-refractivity contribution in [2.24, 2.45) is 0 Å². The van der Waals surface area contributed by atoms with Crippen LogP contribution in [-0.2, 0) is 11.2 Å². The molecule has 8 nitrogen and oxygen atoms in total. The first-order chi connectivity index (χ1) is 16.8. The predicted octanol–water partition coefficient (Wildman–Crippen LogP) is 2.32. The highest BCUT2D eigenvalue weighted by atomic mass is 19.1. The number of H-pyrrole nitrogens is 1. The highest BCUT2D eigenvalue weighted by molar-refractivity contribution is 5.95. The van der Waals surface area contributed by atoms with E-state index in [1.807, 2.05) is 11.8 Å². The Labute approximate surface area is 204 Å². The lowest BCUT2D eigenvalue weighted by Crippen LogP contribution is -2.59. The fraction of sp³-hybridized carbons (Fsp3) is 0.538. The van der Waals surface area contributed by atoms with E-state index in [1.165, 1.54) is 6.07 Å². The third kappa shape index (κ3) is 5.00. The molecule has 2 aliphatic rings. The van der Waals surface area contributed by atoms with Crippen molar-refractivity contribution in [1.29, 1.82) is 0 Å². The van der Waals surface area contributed by atoms with Crippen LogP contribution in [0, 0.1) is 19.7 Å². The Hall–Kier alpha value is -3.07. The van der Waals surface area contributed by atoms with Crippen LogP contribution >= 0.6 is 0 Å². The van der Waals surface area contributed by atoms with Crippen LogP contribution in [0.2, 0.25) is 0 Å². The summed E-state index contributed by atoms with van der Waals surface area (Å²) in [6.45, 7) is 8.13. The molecule has 0 bridgehead atoms. The normalized spacial score (nSPS) is 20.3. The maximum absolute atomic E-state index is 14.7. The van der Waals surface area contributed by atoms with Gasteiger partial charge < -0.3 is 15.1 Å². The summed E-state index contributed by atoms with van der Waals surface area (Å²) in [5.74, 6) is -0.825. The molecule has 0 aliphatic carbocycles. The largest absolute Gasteiger partial charge is 0.338 e. The molecule has 2 saturated heterocycles. The minimum Gasteiger partial charge on any atom is -0.338 e. The Morgan fingerprint density at radius 1 is 1.11 bits per heavy atom. The van der Waals surface area contributed by atoms with E-state index in [9.17, 15) is 18.8 Å². The molecular weight excluding hydrogens is 449 g/mol. The van der Waals surface area contributed by atoms with Gasteiger partial charge in [-0.05, 0) is 62.9 Å². The maximum Gasteiger partial charge on any atom is 0.267 e. The van der Waals surface area contributed by atoms with Crippen LogP contribution in [0.4, 0.5) is 4.39 Å². The van der Waals surface area contributed by atoms with Crippen molar-refractivity contribution in [1.82, 2.24) is 25.3 Å². The van der Waals surface area contributed by atoms with Gasteiger partial charge in [0.15, 0.2) is 0 Å². The number of carbonyl (C=O) groups excluding carboxylic acids is 2. The van der Waals surface area contributed by atoms with Gasteiger partial charge in [-0.25, -0.2) is 9.49 Å². The summed E-state index contributed by atoms with van der Waals surface area (Å²) in [6, 6.07) is 4.50. The summed E-state index contributed by atoms with van der Waals surface area (Å²) in [5, 5.41) is 10.0. The summed E-state index contributed by atoms with van der Waals surface area (Å²) in [6.07, 6.45) is 3.96. The minimum absolute atomic E-state index is 0.0148. The lowest BCUT2D eigenvalue weighted by atomic mass is 9.90. The van der Waals surface area contributed by atoms with Gasteiger partial charge in [0.25, 0.3) is 11.5 Å². The fourth-order valence-electron chi connectivity index (χ4n) is 5.21. The molecule has 0 saturated carbocycles. The number of amides is 2. The van der Waals surface area contributed by atoms with Gasteiger partial charge in [-0.2, -0.15) is 5.10 Å². The van der Waals surface area contributed by atoms with Crippen molar-refractivity contribution in [3.05, 3.63) is 62.3 Å². The fourth-order valence-corrected chi connectivity index (χ4v) is 5.21. The topological polar surface area (TPSA) is 98.4 Å². The second kappa shape index (κ2) is 10.3. The zero-order chi connectivity index (χ0) is 25.2. The SMILES string of the molecule is CCCC1(C(=O)N2CCN(C(=O)c3cc(Cc4n[nH]c(=O)c(C)c4C)ccc3F)CC2)CCCN1. The Balaban J connectivity index is 1.44. The number of benzene rings is 1. The number of nitrogens with one attached hydrogen (secondary N) is 2. The lowest BCUT2D eigenvalue weighted by Gasteiger charge is -2.40. The molecule has 188 valence electrons. The lowest BCUT2D eigenvalue weighted by molar-refractivity contribution is -0.139. The third-order valence-corrected chi connectivity index (χ3v) is 7.45. The molecule has 2 aromatic rings. The molecule has 2 aliphatic heterocycles. The molecule has 2 N–H and O–H groups in total. The number of hydrogen-bond donors (Lipinski definition) is 2. The van der Waals surface area contributed by atoms with E-state index in [-0.39, 0.29) is 22.9 Å². The molecule has 1 unspecified atom stereocenters. The van der Waals surface area contributed by atoms with Gasteiger partial charge in [-0.15, -0.1) is 0 Å². The number of nitrogens with zero attached hydrogens (tertiary/aromatic N) is 3. The first-order valence-electron chi connectivity index (χ1n) is 12.4. The Morgan fingerprint density at radius 2 is 1.83 bits per heavy atom. The van der Waals surface area contributed by atoms with E-state index in [2.05, 4.69) is 22.4 Å². The predicted molar refractivity (Wildman–Crippen MR) is 131 cm³/mol. The molecule has 1 aromatic carbocycles. The van der Waals surface area contributed by atoms with E-state index in [4.69, 9.17) is 0 Å². The summed E-state index contributed by atoms with van der Waals surface area (Å²) in [4.78, 5) is 41.7. The highest BCUT2D eigenvalue weighted by Gasteiger charge is 2.43. The number of carbonyl (C=O) groups is 2. The number of rotatable bonds is 6. The molecule has 4 rings (SSSR count). The third-order valence-electron chi connectivity index (χ3n) is 7.45. The van der Waals surface area contributed by atoms with Gasteiger partial charge in [0, 0.05) is 38.2 Å². The minimum atomic E-state index is -0.573. The Kier molecular flexibility index (Phi) is 7.35. The molecular formula is C26H34FN5O3. The van der Waals surface area contributed by atoms with Crippen molar-refractivity contribution < 1.29 is 14.0 Å². The molecule has 2 amide bonds. The number of aromatic amines is 1. The summed E-state index contributed by atoms with van der Waals surface area (Å²) in [5.41, 5.74) is 2.09. The van der Waals surface area contributed by atoms with E-state index in [1.54, 1.807) is 24.0 Å². The first-order valence-corrected chi connectivity index (χ1v) is 12.4. The van der Waals surface area contributed by atoms with Crippen LogP contribution in [0.15, 0.2) is 23.0 Å². The standard InChI is InChI=1S/C26H34FN5O3/c1-4-8-26(9-5-10-28-26)25(35)32-13-11-31(12-14-32)24(34)20-15-19(6-7-21(20)27)16-22-17(2)18(3)23(33)30-29-22/h6-7,15,28H,4-5,8-14,16H2,1-3H3,(H,30,33). The highest BCUT2D eigenvalue weighted by Crippen LogP contribution is 2.28. The van der Waals surface area contributed by atoms with Gasteiger partial charge in [0.1, 0.15) is 5.82 Å². The smallest absolute Gasteiger partial charge is 0.267 e. The van der Waals surface area contributed by atoms with Gasteiger partial charge in [0.05, 0.1) is 16.8 Å². The van der Waals surface area contributed by atoms with E-state index in [0.29, 0.717) is 43.9 Å². The van der Waals surface area contributed by atoms with E-state index < -0.39 is 11.4 Å². The zero-order valence-corrected chi connectivity index (χ0v) is 20.7. The van der Waals surface area contributed by atoms with Crippen LogP contribution in [0.25, 0.3) is 0 Å². The van der Waals surface area contributed by atoms with Gasteiger partial charge in [-0.1, -0.05) is 19.4 Å². The molecule has 0 radical (unpaired) electrons. The van der Waals surface area contributed by atoms with Crippen molar-refractivity contribution in [2.45, 2.75) is 58.4 Å². The van der Waals surface area contributed by atoms with Crippen molar-refractivity contribution in [2.75, 3.05) is 32.7 Å². The maximum atomic E-state index is 14.7. The van der Waals surface area contributed by atoms with Crippen molar-refractivity contribution in [3.8, 4) is 0 Å². The van der Waals surface area contributed by atoms with Gasteiger partial charge >= 0.3 is 0 Å². The van der Waals surface area contributed by atoms with Gasteiger partial charge in [0.2, 0.25) is 5.91 Å². The Morgan fingerprint density at radius 3 is 2.49 bits per heavy atom. The van der Waals surface area contributed by atoms with E-state index >= 15 is 0 Å². The average Bonchev–Trinajstić information content (AvgIpc) is 3.34. The van der Waals surface area contributed by atoms with Crippen LogP contribution in [0.3, 0.4) is 0 Å². The molecule has 2 fully saturated rings. The molecule has 1 aromatic heterocycles. The monoisotopic (exact) mass is 483 g/mol. The van der Waals surface area contributed by atoms with Crippen molar-refractivity contribution in [3.63, 3.8) is 0 Å². The number of hydrogen-bond acceptors (Lipinski definition) is 5. The molecule has 35 heavy (non-hydrogen) atoms. The summed E-state index contributed by atoms with van der Waals surface area (Å²) >= 11 is 0. The van der Waals surface area contributed by atoms with Crippen LogP contribution in [0.5, 0.6) is 0 Å². The van der Waals surface area contributed by atoms with Crippen LogP contribution in [0.1, 0.15) is 65.3 Å². The zero-order valence-electron chi connectivity index (χ0n) is 20.7. The van der Waals surface area contributed by atoms with Crippen molar-refractivity contribution >= 4 is 11.8 Å². The second-order valence-electron chi connectivity index (χ2n) is 9.69. The first kappa shape index (κ1) is 25.0. The van der Waals surface area contributed by atoms with E-state index in [0.717, 1.165) is 43.4 Å². The quantitative estimate of drug-likeness (QED) is 0.657. The summed E-state index contributed by atoms with van der Waals surface area (Å²) < 4.78 is 14.7. The number of halogens is 1. The average molecular weight is 484 g/mol. The second-order valence-corrected chi connectivity index (χ2v) is 9.69. The van der Waals surface area contributed by atoms with Crippen LogP contribution < -0.4 is 10.9 Å². The number of aromatic nitrogens is 2. The molecule has 9 heteroatoms. The van der Waals surface area contributed by atoms with Gasteiger partial charge in [-0.3, -0.25) is 14.4 Å². The van der Waals surface area contributed by atoms with Crippen LogP contribution in [-0.4, -0.2) is 70.1 Å². The molecule has 3 heterocycles. The Bertz CT molecular complexity index is 1160. The molecule has 0 spiro atoms. The molecule has 1 atom stereocenters. The number of piperazine rings is 1.